The maximum absolute atomic E-state index is 13.8. The van der Waals surface area contributed by atoms with Crippen LogP contribution in [0.15, 0.2) is 59.3 Å². The van der Waals surface area contributed by atoms with E-state index in [-0.39, 0.29) is 30.4 Å². The fourth-order valence-corrected chi connectivity index (χ4v) is 3.40. The molecule has 27 heavy (non-hydrogen) atoms. The minimum Gasteiger partial charge on any atom is -0.327 e. The Morgan fingerprint density at radius 3 is 2.74 bits per heavy atom. The van der Waals surface area contributed by atoms with Gasteiger partial charge >= 0.3 is 0 Å². The third kappa shape index (κ3) is 4.33. The molecular weight excluding hydrogens is 393 g/mol. The Balaban J connectivity index is 0.00000261. The van der Waals surface area contributed by atoms with E-state index in [2.05, 4.69) is 15.0 Å². The number of sulfonamides is 1. The molecule has 0 atom stereocenters. The highest BCUT2D eigenvalue weighted by molar-refractivity contribution is 7.89. The van der Waals surface area contributed by atoms with Crippen molar-refractivity contribution in [2.75, 3.05) is 13.6 Å². The molecule has 0 aliphatic carbocycles. The molecule has 3 rings (SSSR count). The molecule has 3 N–H and O–H groups in total. The SMILES string of the molecule is CNS(=O)(=O)c1cccc(-c2cccc3c2nnn3C/C(F)=C/CN)c1.Cl. The standard InChI is InChI=1S/C17H18FN5O2S.ClH/c1-20-26(24,25)14-5-2-4-12(10-14)15-6-3-7-16-17(15)21-22-23(16)11-13(18)8-9-19;/h2-8,10,20H,9,11,19H2,1H3;1H/b13-8-;. The number of nitrogens with zero attached hydrogens (tertiary/aromatic N) is 3. The molecule has 0 saturated heterocycles. The van der Waals surface area contributed by atoms with Gasteiger partial charge in [0.1, 0.15) is 11.3 Å². The number of rotatable bonds is 6. The molecule has 144 valence electrons. The Hall–Kier alpha value is -2.33. The van der Waals surface area contributed by atoms with Crippen LogP contribution in [0.2, 0.25) is 0 Å². The van der Waals surface area contributed by atoms with E-state index in [0.29, 0.717) is 22.2 Å². The third-order valence-corrected chi connectivity index (χ3v) is 5.32. The largest absolute Gasteiger partial charge is 0.327 e. The van der Waals surface area contributed by atoms with Gasteiger partial charge in [0.25, 0.3) is 0 Å². The molecule has 0 radical (unpaired) electrons. The zero-order chi connectivity index (χ0) is 18.7. The average Bonchev–Trinajstić information content (AvgIpc) is 3.05. The first kappa shape index (κ1) is 21.0. The lowest BCUT2D eigenvalue weighted by Gasteiger charge is -2.07. The van der Waals surface area contributed by atoms with Gasteiger partial charge in [0, 0.05) is 12.1 Å². The highest BCUT2D eigenvalue weighted by Crippen LogP contribution is 2.28. The van der Waals surface area contributed by atoms with E-state index < -0.39 is 15.9 Å². The maximum atomic E-state index is 13.8. The Morgan fingerprint density at radius 1 is 1.30 bits per heavy atom. The van der Waals surface area contributed by atoms with Crippen molar-refractivity contribution in [1.29, 1.82) is 0 Å². The van der Waals surface area contributed by atoms with Gasteiger partial charge in [-0.05, 0) is 36.9 Å². The summed E-state index contributed by atoms with van der Waals surface area (Å²) in [5.74, 6) is -0.396. The zero-order valence-electron chi connectivity index (χ0n) is 14.5. The number of fused-ring (bicyclic) bond motifs is 1. The lowest BCUT2D eigenvalue weighted by molar-refractivity contribution is 0.524. The van der Waals surface area contributed by atoms with Crippen LogP contribution in [-0.2, 0) is 16.6 Å². The van der Waals surface area contributed by atoms with Crippen LogP contribution in [0, 0.1) is 0 Å². The van der Waals surface area contributed by atoms with Gasteiger partial charge in [-0.2, -0.15) is 0 Å². The van der Waals surface area contributed by atoms with Crippen molar-refractivity contribution >= 4 is 33.5 Å². The van der Waals surface area contributed by atoms with E-state index in [1.165, 1.54) is 23.9 Å². The Kier molecular flexibility index (Phi) is 6.66. The Bertz CT molecular complexity index is 1080. The Labute approximate surface area is 162 Å². The minimum atomic E-state index is -3.56. The number of hydrogen-bond acceptors (Lipinski definition) is 5. The van der Waals surface area contributed by atoms with E-state index in [1.807, 2.05) is 6.07 Å². The van der Waals surface area contributed by atoms with Crippen LogP contribution in [-0.4, -0.2) is 37.0 Å². The molecule has 0 spiro atoms. The van der Waals surface area contributed by atoms with Crippen LogP contribution in [0.3, 0.4) is 0 Å². The normalized spacial score (nSPS) is 12.2. The van der Waals surface area contributed by atoms with Crippen LogP contribution in [0.1, 0.15) is 0 Å². The van der Waals surface area contributed by atoms with Crippen molar-refractivity contribution in [3.63, 3.8) is 0 Å². The number of halogens is 2. The van der Waals surface area contributed by atoms with Crippen LogP contribution in [0.4, 0.5) is 4.39 Å². The summed E-state index contributed by atoms with van der Waals surface area (Å²) in [6.45, 7) is 0.0434. The molecule has 2 aromatic carbocycles. The summed E-state index contributed by atoms with van der Waals surface area (Å²) in [6.07, 6.45) is 1.28. The molecule has 0 aliphatic rings. The summed E-state index contributed by atoms with van der Waals surface area (Å²) in [5.41, 5.74) is 7.91. The molecule has 1 aromatic heterocycles. The lowest BCUT2D eigenvalue weighted by atomic mass is 10.0. The predicted molar refractivity (Wildman–Crippen MR) is 105 cm³/mol. The molecule has 3 aromatic rings. The van der Waals surface area contributed by atoms with Crippen molar-refractivity contribution in [2.24, 2.45) is 5.73 Å². The van der Waals surface area contributed by atoms with E-state index in [9.17, 15) is 12.8 Å². The van der Waals surface area contributed by atoms with E-state index in [4.69, 9.17) is 5.73 Å². The quantitative estimate of drug-likeness (QED) is 0.647. The molecule has 0 saturated carbocycles. The van der Waals surface area contributed by atoms with E-state index in [0.717, 1.165) is 0 Å². The monoisotopic (exact) mass is 411 g/mol. The number of hydrogen-bond donors (Lipinski definition) is 2. The van der Waals surface area contributed by atoms with Gasteiger partial charge in [0.2, 0.25) is 10.0 Å². The smallest absolute Gasteiger partial charge is 0.240 e. The van der Waals surface area contributed by atoms with Gasteiger partial charge in [-0.3, -0.25) is 0 Å². The minimum absolute atomic E-state index is 0. The van der Waals surface area contributed by atoms with Crippen LogP contribution in [0.25, 0.3) is 22.2 Å². The summed E-state index contributed by atoms with van der Waals surface area (Å²) >= 11 is 0. The summed E-state index contributed by atoms with van der Waals surface area (Å²) in [6, 6.07) is 11.9. The molecule has 0 amide bonds. The number of nitrogens with one attached hydrogen (secondary N) is 1. The topological polar surface area (TPSA) is 103 Å². The molecular formula is C17H19ClFN5O2S. The van der Waals surface area contributed by atoms with Crippen molar-refractivity contribution in [1.82, 2.24) is 19.7 Å². The summed E-state index contributed by atoms with van der Waals surface area (Å²) in [5, 5.41) is 8.15. The van der Waals surface area contributed by atoms with Gasteiger partial charge in [0.05, 0.1) is 17.0 Å². The predicted octanol–water partition coefficient (Wildman–Crippen LogP) is 2.24. The van der Waals surface area contributed by atoms with Crippen LogP contribution >= 0.6 is 12.4 Å². The maximum Gasteiger partial charge on any atom is 0.240 e. The summed E-state index contributed by atoms with van der Waals surface area (Å²) in [7, 11) is -2.20. The summed E-state index contributed by atoms with van der Waals surface area (Å²) in [4.78, 5) is 0.152. The molecule has 0 fully saturated rings. The van der Waals surface area contributed by atoms with E-state index >= 15 is 0 Å². The fourth-order valence-electron chi connectivity index (χ4n) is 2.63. The van der Waals surface area contributed by atoms with E-state index in [1.54, 1.807) is 30.3 Å². The Morgan fingerprint density at radius 2 is 2.04 bits per heavy atom. The zero-order valence-corrected chi connectivity index (χ0v) is 16.1. The lowest BCUT2D eigenvalue weighted by Crippen LogP contribution is -2.18. The third-order valence-electron chi connectivity index (χ3n) is 3.91. The fraction of sp³-hybridized carbons (Fsp3) is 0.176. The second-order valence-electron chi connectivity index (χ2n) is 5.54. The average molecular weight is 412 g/mol. The van der Waals surface area contributed by atoms with Gasteiger partial charge in [-0.25, -0.2) is 22.2 Å². The highest BCUT2D eigenvalue weighted by Gasteiger charge is 2.15. The molecule has 10 heteroatoms. The molecule has 0 aliphatic heterocycles. The van der Waals surface area contributed by atoms with Gasteiger partial charge in [-0.1, -0.05) is 29.5 Å². The van der Waals surface area contributed by atoms with Crippen LogP contribution < -0.4 is 10.5 Å². The van der Waals surface area contributed by atoms with Crippen molar-refractivity contribution in [2.45, 2.75) is 11.4 Å². The number of benzene rings is 2. The van der Waals surface area contributed by atoms with Gasteiger partial charge in [-0.15, -0.1) is 17.5 Å². The van der Waals surface area contributed by atoms with Crippen molar-refractivity contribution < 1.29 is 12.8 Å². The number of aromatic nitrogens is 3. The molecule has 7 nitrogen and oxygen atoms in total. The first-order valence-electron chi connectivity index (χ1n) is 7.87. The first-order chi connectivity index (χ1) is 12.5. The molecule has 0 bridgehead atoms. The first-order valence-corrected chi connectivity index (χ1v) is 9.35. The van der Waals surface area contributed by atoms with Crippen LogP contribution in [0.5, 0.6) is 0 Å². The van der Waals surface area contributed by atoms with Crippen molar-refractivity contribution in [3.05, 3.63) is 54.4 Å². The number of nitrogens with two attached hydrogens (primary N) is 1. The molecule has 1 heterocycles. The summed E-state index contributed by atoms with van der Waals surface area (Å²) < 4.78 is 41.6. The van der Waals surface area contributed by atoms with Crippen molar-refractivity contribution in [3.8, 4) is 11.1 Å². The highest BCUT2D eigenvalue weighted by atomic mass is 35.5. The second kappa shape index (κ2) is 8.57. The van der Waals surface area contributed by atoms with Gasteiger partial charge < -0.3 is 5.73 Å². The van der Waals surface area contributed by atoms with Gasteiger partial charge in [0.15, 0.2) is 0 Å². The second-order valence-corrected chi connectivity index (χ2v) is 7.43. The number of allylic oxidation sites excluding steroid dienone is 1. The molecule has 0 unspecified atom stereocenters.